The molecule has 4 saturated carbocycles. The SMILES string of the molecule is Cc1cc(N)nc(SCC(=O)NCC23CC4CC(CC(Br)(C4)C2)C3)n1. The van der Waals surface area contributed by atoms with E-state index in [2.05, 4.69) is 31.2 Å². The molecule has 1 aromatic rings. The molecule has 0 aromatic carbocycles. The van der Waals surface area contributed by atoms with Gasteiger partial charge in [-0.25, -0.2) is 9.97 Å². The van der Waals surface area contributed by atoms with Crippen LogP contribution in [0.3, 0.4) is 0 Å². The van der Waals surface area contributed by atoms with E-state index in [1.54, 1.807) is 6.07 Å². The Hall–Kier alpha value is -0.820. The average Bonchev–Trinajstić information content (AvgIpc) is 2.48. The lowest BCUT2D eigenvalue weighted by Gasteiger charge is -2.60. The summed E-state index contributed by atoms with van der Waals surface area (Å²) in [5.74, 6) is 2.54. The largest absolute Gasteiger partial charge is 0.384 e. The molecule has 1 heterocycles. The molecule has 1 amide bonds. The number of nitrogens with two attached hydrogens (primary N) is 1. The van der Waals surface area contributed by atoms with E-state index < -0.39 is 0 Å². The maximum atomic E-state index is 12.3. The minimum atomic E-state index is 0.0630. The van der Waals surface area contributed by atoms with Crippen LogP contribution in [0.5, 0.6) is 0 Å². The summed E-state index contributed by atoms with van der Waals surface area (Å²) in [6, 6.07) is 1.73. The van der Waals surface area contributed by atoms with Crippen LogP contribution in [0, 0.1) is 24.2 Å². The van der Waals surface area contributed by atoms with Crippen LogP contribution in [0.15, 0.2) is 11.2 Å². The summed E-state index contributed by atoms with van der Waals surface area (Å²) in [6.07, 6.45) is 7.80. The first-order valence-electron chi connectivity index (χ1n) is 9.03. The zero-order valence-electron chi connectivity index (χ0n) is 14.6. The minimum absolute atomic E-state index is 0.0630. The number of carbonyl (C=O) groups is 1. The van der Waals surface area contributed by atoms with Crippen molar-refractivity contribution in [2.24, 2.45) is 17.3 Å². The number of rotatable bonds is 5. The Balaban J connectivity index is 1.32. The first-order chi connectivity index (χ1) is 11.8. The quantitative estimate of drug-likeness (QED) is 0.430. The van der Waals surface area contributed by atoms with Crippen LogP contribution in [0.4, 0.5) is 5.82 Å². The second-order valence-electron chi connectivity index (χ2n) is 8.39. The van der Waals surface area contributed by atoms with Gasteiger partial charge in [-0.1, -0.05) is 27.7 Å². The fraction of sp³-hybridized carbons (Fsp3) is 0.722. The number of halogens is 1. The van der Waals surface area contributed by atoms with Crippen LogP contribution >= 0.6 is 27.7 Å². The van der Waals surface area contributed by atoms with Crippen molar-refractivity contribution >= 4 is 39.4 Å². The molecule has 0 spiro atoms. The Morgan fingerprint density at radius 1 is 1.36 bits per heavy atom. The van der Waals surface area contributed by atoms with Gasteiger partial charge in [-0.05, 0) is 62.7 Å². The van der Waals surface area contributed by atoms with E-state index in [1.807, 2.05) is 6.92 Å². The van der Waals surface area contributed by atoms with Gasteiger partial charge in [-0.15, -0.1) is 0 Å². The molecule has 0 radical (unpaired) electrons. The molecule has 136 valence electrons. The molecule has 7 heteroatoms. The summed E-state index contributed by atoms with van der Waals surface area (Å²) in [6.45, 7) is 2.69. The highest BCUT2D eigenvalue weighted by Crippen LogP contribution is 2.64. The first-order valence-corrected chi connectivity index (χ1v) is 10.8. The van der Waals surface area contributed by atoms with Crippen molar-refractivity contribution in [1.29, 1.82) is 0 Å². The van der Waals surface area contributed by atoms with Gasteiger partial charge in [0.25, 0.3) is 0 Å². The number of aromatic nitrogens is 2. The third-order valence-electron chi connectivity index (χ3n) is 5.96. The van der Waals surface area contributed by atoms with Gasteiger partial charge in [-0.2, -0.15) is 0 Å². The van der Waals surface area contributed by atoms with E-state index in [9.17, 15) is 4.79 Å². The van der Waals surface area contributed by atoms with Gasteiger partial charge in [0.2, 0.25) is 5.91 Å². The number of hydrogen-bond donors (Lipinski definition) is 2. The average molecular weight is 425 g/mol. The van der Waals surface area contributed by atoms with Crippen molar-refractivity contribution in [2.75, 3.05) is 18.0 Å². The second kappa shape index (κ2) is 6.41. The zero-order valence-corrected chi connectivity index (χ0v) is 17.0. The molecule has 4 fully saturated rings. The van der Waals surface area contributed by atoms with Gasteiger partial charge in [0, 0.05) is 22.6 Å². The summed E-state index contributed by atoms with van der Waals surface area (Å²) in [5.41, 5.74) is 6.87. The molecule has 3 N–H and O–H groups in total. The molecule has 25 heavy (non-hydrogen) atoms. The fourth-order valence-electron chi connectivity index (χ4n) is 5.64. The summed E-state index contributed by atoms with van der Waals surface area (Å²) in [5, 5.41) is 3.76. The number of nitrogen functional groups attached to an aromatic ring is 1. The van der Waals surface area contributed by atoms with Crippen LogP contribution in [-0.2, 0) is 4.79 Å². The number of nitrogens with one attached hydrogen (secondary N) is 1. The first kappa shape index (κ1) is 17.6. The molecule has 0 saturated heterocycles. The molecular weight excluding hydrogens is 400 g/mol. The number of carbonyl (C=O) groups excluding carboxylic acids is 1. The molecule has 4 aliphatic carbocycles. The van der Waals surface area contributed by atoms with Crippen LogP contribution < -0.4 is 11.1 Å². The predicted molar refractivity (Wildman–Crippen MR) is 104 cm³/mol. The van der Waals surface area contributed by atoms with Crippen LogP contribution in [0.1, 0.15) is 44.2 Å². The smallest absolute Gasteiger partial charge is 0.230 e. The fourth-order valence-corrected chi connectivity index (χ4v) is 7.89. The monoisotopic (exact) mass is 424 g/mol. The summed E-state index contributed by atoms with van der Waals surface area (Å²) in [4.78, 5) is 20.8. The minimum Gasteiger partial charge on any atom is -0.384 e. The van der Waals surface area contributed by atoms with Crippen molar-refractivity contribution in [1.82, 2.24) is 15.3 Å². The number of alkyl halides is 1. The summed E-state index contributed by atoms with van der Waals surface area (Å²) in [7, 11) is 0. The molecule has 1 aromatic heterocycles. The Morgan fingerprint density at radius 2 is 2.08 bits per heavy atom. The topological polar surface area (TPSA) is 80.9 Å². The van der Waals surface area contributed by atoms with Crippen LogP contribution in [-0.4, -0.2) is 32.5 Å². The number of aryl methyl sites for hydroxylation is 1. The lowest BCUT2D eigenvalue weighted by Crippen LogP contribution is -2.56. The van der Waals surface area contributed by atoms with E-state index in [0.717, 1.165) is 24.1 Å². The third kappa shape index (κ3) is 3.82. The van der Waals surface area contributed by atoms with Gasteiger partial charge in [0.15, 0.2) is 5.16 Å². The van der Waals surface area contributed by atoms with Crippen LogP contribution in [0.2, 0.25) is 0 Å². The normalized spacial score (nSPS) is 35.8. The second-order valence-corrected chi connectivity index (χ2v) is 11.0. The Kier molecular flexibility index (Phi) is 4.51. The number of thioether (sulfide) groups is 1. The summed E-state index contributed by atoms with van der Waals surface area (Å²) >= 11 is 5.38. The molecule has 5 rings (SSSR count). The van der Waals surface area contributed by atoms with E-state index in [1.165, 1.54) is 50.3 Å². The number of amides is 1. The number of anilines is 1. The molecular formula is C18H25BrN4OS. The summed E-state index contributed by atoms with van der Waals surface area (Å²) < 4.78 is 0.337. The molecule has 4 aliphatic rings. The maximum absolute atomic E-state index is 12.3. The number of hydrogen-bond acceptors (Lipinski definition) is 5. The molecule has 5 nitrogen and oxygen atoms in total. The van der Waals surface area contributed by atoms with Gasteiger partial charge >= 0.3 is 0 Å². The van der Waals surface area contributed by atoms with E-state index >= 15 is 0 Å². The lowest BCUT2D eigenvalue weighted by atomic mass is 9.49. The Bertz CT molecular complexity index is 663. The highest BCUT2D eigenvalue weighted by atomic mass is 79.9. The predicted octanol–water partition coefficient (Wildman–Crippen LogP) is 3.31. The van der Waals surface area contributed by atoms with Crippen molar-refractivity contribution in [3.63, 3.8) is 0 Å². The lowest BCUT2D eigenvalue weighted by molar-refractivity contribution is -0.120. The zero-order chi connectivity index (χ0) is 17.7. The van der Waals surface area contributed by atoms with Gasteiger partial charge < -0.3 is 11.1 Å². The van der Waals surface area contributed by atoms with Crippen molar-refractivity contribution in [2.45, 2.75) is 54.9 Å². The van der Waals surface area contributed by atoms with E-state index in [4.69, 9.17) is 5.73 Å². The van der Waals surface area contributed by atoms with Gasteiger partial charge in [0.1, 0.15) is 5.82 Å². The molecule has 2 unspecified atom stereocenters. The van der Waals surface area contributed by atoms with Crippen molar-refractivity contribution < 1.29 is 4.79 Å². The Morgan fingerprint density at radius 3 is 2.72 bits per heavy atom. The number of nitrogens with zero attached hydrogens (tertiary/aromatic N) is 2. The Labute approximate surface area is 161 Å². The van der Waals surface area contributed by atoms with Crippen molar-refractivity contribution in [3.05, 3.63) is 11.8 Å². The van der Waals surface area contributed by atoms with Crippen LogP contribution in [0.25, 0.3) is 0 Å². The third-order valence-corrected chi connectivity index (χ3v) is 7.73. The molecule has 4 bridgehead atoms. The van der Waals surface area contributed by atoms with Crippen molar-refractivity contribution in [3.8, 4) is 0 Å². The molecule has 0 aliphatic heterocycles. The van der Waals surface area contributed by atoms with Gasteiger partial charge in [-0.3, -0.25) is 4.79 Å². The maximum Gasteiger partial charge on any atom is 0.230 e. The van der Waals surface area contributed by atoms with E-state index in [0.29, 0.717) is 26.5 Å². The molecule has 2 atom stereocenters. The highest BCUT2D eigenvalue weighted by molar-refractivity contribution is 9.10. The highest BCUT2D eigenvalue weighted by Gasteiger charge is 2.56. The standard InChI is InChI=1S/C18H25BrN4OS/c1-11-2-14(20)23-16(22-11)25-8-15(24)21-10-17-4-12-3-13(5-17)7-18(19,6-12)9-17/h2,12-13H,3-10H2,1H3,(H,21,24)(H2,20,22,23). The van der Waals surface area contributed by atoms with Gasteiger partial charge in [0.05, 0.1) is 5.75 Å². The van der Waals surface area contributed by atoms with E-state index in [-0.39, 0.29) is 5.91 Å².